The summed E-state index contributed by atoms with van der Waals surface area (Å²) in [6.45, 7) is 7.29. The SMILES string of the molecule is Cc1ccccc1/C=C/C(=O)OCC(=O)NC(C)(C)C. The Bertz CT molecular complexity index is 513. The Morgan fingerprint density at radius 1 is 1.25 bits per heavy atom. The predicted octanol–water partition coefficient (Wildman–Crippen LogP) is 2.47. The molecule has 0 aliphatic carbocycles. The van der Waals surface area contributed by atoms with Crippen molar-refractivity contribution in [3.63, 3.8) is 0 Å². The molecule has 1 N–H and O–H groups in total. The molecule has 0 heterocycles. The Morgan fingerprint density at radius 3 is 2.50 bits per heavy atom. The second-order valence-corrected chi connectivity index (χ2v) is 5.60. The van der Waals surface area contributed by atoms with E-state index in [0.717, 1.165) is 11.1 Å². The number of hydrogen-bond donors (Lipinski definition) is 1. The van der Waals surface area contributed by atoms with Crippen molar-refractivity contribution >= 4 is 18.0 Å². The molecule has 108 valence electrons. The van der Waals surface area contributed by atoms with Gasteiger partial charge in [0.1, 0.15) is 0 Å². The molecular formula is C16H21NO3. The van der Waals surface area contributed by atoms with Gasteiger partial charge in [-0.3, -0.25) is 4.79 Å². The van der Waals surface area contributed by atoms with E-state index >= 15 is 0 Å². The summed E-state index contributed by atoms with van der Waals surface area (Å²) in [7, 11) is 0. The number of esters is 1. The molecule has 4 nitrogen and oxygen atoms in total. The third-order valence-electron chi connectivity index (χ3n) is 2.45. The molecule has 0 unspecified atom stereocenters. The van der Waals surface area contributed by atoms with Crippen LogP contribution < -0.4 is 5.32 Å². The molecule has 0 aromatic heterocycles. The van der Waals surface area contributed by atoms with Gasteiger partial charge in [-0.1, -0.05) is 24.3 Å². The summed E-state index contributed by atoms with van der Waals surface area (Å²) in [5, 5.41) is 2.72. The predicted molar refractivity (Wildman–Crippen MR) is 79.1 cm³/mol. The molecule has 1 amide bonds. The summed E-state index contributed by atoms with van der Waals surface area (Å²) in [5.41, 5.74) is 1.69. The lowest BCUT2D eigenvalue weighted by atomic mass is 10.1. The molecule has 1 aromatic rings. The zero-order chi connectivity index (χ0) is 15.2. The highest BCUT2D eigenvalue weighted by Gasteiger charge is 2.14. The van der Waals surface area contributed by atoms with E-state index in [0.29, 0.717) is 0 Å². The van der Waals surface area contributed by atoms with E-state index in [1.807, 2.05) is 52.0 Å². The van der Waals surface area contributed by atoms with Crippen molar-refractivity contribution in [1.29, 1.82) is 0 Å². The van der Waals surface area contributed by atoms with Crippen molar-refractivity contribution in [1.82, 2.24) is 5.32 Å². The van der Waals surface area contributed by atoms with Crippen LogP contribution >= 0.6 is 0 Å². The normalized spacial score (nSPS) is 11.4. The lowest BCUT2D eigenvalue weighted by Crippen LogP contribution is -2.42. The van der Waals surface area contributed by atoms with Gasteiger partial charge in [-0.2, -0.15) is 0 Å². The van der Waals surface area contributed by atoms with Crippen LogP contribution in [0.15, 0.2) is 30.3 Å². The van der Waals surface area contributed by atoms with Crippen LogP contribution in [-0.2, 0) is 14.3 Å². The number of carbonyl (C=O) groups excluding carboxylic acids is 2. The van der Waals surface area contributed by atoms with E-state index in [2.05, 4.69) is 5.32 Å². The Hall–Kier alpha value is -2.10. The Kier molecular flexibility index (Phi) is 5.50. The highest BCUT2D eigenvalue weighted by atomic mass is 16.5. The number of carbonyl (C=O) groups is 2. The van der Waals surface area contributed by atoms with Gasteiger partial charge in [0, 0.05) is 11.6 Å². The van der Waals surface area contributed by atoms with E-state index < -0.39 is 5.97 Å². The molecule has 1 aromatic carbocycles. The quantitative estimate of drug-likeness (QED) is 0.678. The second-order valence-electron chi connectivity index (χ2n) is 5.60. The van der Waals surface area contributed by atoms with Crippen molar-refractivity contribution in [3.05, 3.63) is 41.5 Å². The van der Waals surface area contributed by atoms with Gasteiger partial charge >= 0.3 is 5.97 Å². The Balaban J connectivity index is 2.45. The fraction of sp³-hybridized carbons (Fsp3) is 0.375. The Labute approximate surface area is 119 Å². The minimum absolute atomic E-state index is 0.270. The van der Waals surface area contributed by atoms with Crippen molar-refractivity contribution in [2.45, 2.75) is 33.2 Å². The van der Waals surface area contributed by atoms with E-state index in [9.17, 15) is 9.59 Å². The molecule has 0 radical (unpaired) electrons. The summed E-state index contributed by atoms with van der Waals surface area (Å²) < 4.78 is 4.87. The maximum Gasteiger partial charge on any atom is 0.331 e. The summed E-state index contributed by atoms with van der Waals surface area (Å²) in [4.78, 5) is 23.0. The number of amides is 1. The monoisotopic (exact) mass is 275 g/mol. The molecule has 0 aliphatic heterocycles. The molecule has 20 heavy (non-hydrogen) atoms. The maximum atomic E-state index is 11.5. The topological polar surface area (TPSA) is 55.4 Å². The first kappa shape index (κ1) is 16.0. The van der Waals surface area contributed by atoms with Crippen LogP contribution in [-0.4, -0.2) is 24.0 Å². The van der Waals surface area contributed by atoms with E-state index in [-0.39, 0.29) is 18.1 Å². The number of hydrogen-bond acceptors (Lipinski definition) is 3. The fourth-order valence-corrected chi connectivity index (χ4v) is 1.57. The summed E-state index contributed by atoms with van der Waals surface area (Å²) in [6.07, 6.45) is 3.01. The molecule has 0 fully saturated rings. The first-order valence-corrected chi connectivity index (χ1v) is 6.49. The highest BCUT2D eigenvalue weighted by Crippen LogP contribution is 2.08. The lowest BCUT2D eigenvalue weighted by molar-refractivity contribution is -0.144. The van der Waals surface area contributed by atoms with Gasteiger partial charge in [-0.25, -0.2) is 4.79 Å². The van der Waals surface area contributed by atoms with E-state index in [1.54, 1.807) is 6.08 Å². The van der Waals surface area contributed by atoms with Gasteiger partial charge in [0.15, 0.2) is 6.61 Å². The second kappa shape index (κ2) is 6.89. The standard InChI is InChI=1S/C16H21NO3/c1-12-7-5-6-8-13(12)9-10-15(19)20-11-14(18)17-16(2,3)4/h5-10H,11H2,1-4H3,(H,17,18)/b10-9+. The largest absolute Gasteiger partial charge is 0.452 e. The van der Waals surface area contributed by atoms with Crippen LogP contribution in [0.2, 0.25) is 0 Å². The summed E-state index contributed by atoms with van der Waals surface area (Å²) in [5.74, 6) is -0.840. The van der Waals surface area contributed by atoms with Gasteiger partial charge in [-0.15, -0.1) is 0 Å². The first-order valence-electron chi connectivity index (χ1n) is 6.49. The summed E-state index contributed by atoms with van der Waals surface area (Å²) in [6, 6.07) is 7.70. The highest BCUT2D eigenvalue weighted by molar-refractivity contribution is 5.89. The van der Waals surface area contributed by atoms with Gasteiger partial charge in [0.05, 0.1) is 0 Å². The van der Waals surface area contributed by atoms with Crippen molar-refractivity contribution in [2.24, 2.45) is 0 Å². The lowest BCUT2D eigenvalue weighted by Gasteiger charge is -2.20. The van der Waals surface area contributed by atoms with Crippen LogP contribution in [0.5, 0.6) is 0 Å². The molecule has 0 atom stereocenters. The maximum absolute atomic E-state index is 11.5. The number of nitrogens with one attached hydrogen (secondary N) is 1. The molecule has 0 aliphatic rings. The Morgan fingerprint density at radius 2 is 1.90 bits per heavy atom. The van der Waals surface area contributed by atoms with Crippen LogP contribution in [0.1, 0.15) is 31.9 Å². The third-order valence-corrected chi connectivity index (χ3v) is 2.45. The zero-order valence-corrected chi connectivity index (χ0v) is 12.4. The number of aryl methyl sites for hydroxylation is 1. The van der Waals surface area contributed by atoms with Crippen LogP contribution in [0, 0.1) is 6.92 Å². The first-order chi connectivity index (χ1) is 9.28. The minimum atomic E-state index is -0.530. The molecule has 0 saturated heterocycles. The van der Waals surface area contributed by atoms with E-state index in [4.69, 9.17) is 4.74 Å². The minimum Gasteiger partial charge on any atom is -0.452 e. The fourth-order valence-electron chi connectivity index (χ4n) is 1.57. The zero-order valence-electron chi connectivity index (χ0n) is 12.4. The van der Waals surface area contributed by atoms with Crippen molar-refractivity contribution < 1.29 is 14.3 Å². The van der Waals surface area contributed by atoms with Crippen molar-refractivity contribution in [3.8, 4) is 0 Å². The number of benzene rings is 1. The molecule has 1 rings (SSSR count). The number of ether oxygens (including phenoxy) is 1. The molecule has 0 spiro atoms. The van der Waals surface area contributed by atoms with Crippen LogP contribution in [0.3, 0.4) is 0 Å². The van der Waals surface area contributed by atoms with Crippen LogP contribution in [0.25, 0.3) is 6.08 Å². The van der Waals surface area contributed by atoms with Crippen LogP contribution in [0.4, 0.5) is 0 Å². The van der Waals surface area contributed by atoms with Gasteiger partial charge < -0.3 is 10.1 Å². The van der Waals surface area contributed by atoms with E-state index in [1.165, 1.54) is 6.08 Å². The third kappa shape index (κ3) is 6.18. The van der Waals surface area contributed by atoms with Gasteiger partial charge in [0.2, 0.25) is 0 Å². The molecule has 4 heteroatoms. The van der Waals surface area contributed by atoms with Crippen molar-refractivity contribution in [2.75, 3.05) is 6.61 Å². The molecule has 0 saturated carbocycles. The van der Waals surface area contributed by atoms with Gasteiger partial charge in [0.25, 0.3) is 5.91 Å². The molecule has 0 bridgehead atoms. The molecular weight excluding hydrogens is 254 g/mol. The smallest absolute Gasteiger partial charge is 0.331 e. The number of rotatable bonds is 4. The summed E-state index contributed by atoms with van der Waals surface area (Å²) >= 11 is 0. The van der Waals surface area contributed by atoms with Gasteiger partial charge in [-0.05, 0) is 44.9 Å². The average Bonchev–Trinajstić information content (AvgIpc) is 2.33. The average molecular weight is 275 g/mol.